The zero-order valence-corrected chi connectivity index (χ0v) is 18.3. The Morgan fingerprint density at radius 1 is 0.621 bits per heavy atom. The third-order valence-corrected chi connectivity index (χ3v) is 5.94. The van der Waals surface area contributed by atoms with Gasteiger partial charge >= 0.3 is 0 Å². The number of hydrogen-bond acceptors (Lipinski definition) is 1. The van der Waals surface area contributed by atoms with E-state index in [9.17, 15) is 0 Å². The second-order valence-electron chi connectivity index (χ2n) is 8.20. The van der Waals surface area contributed by atoms with Crippen LogP contribution in [0.4, 0.5) is 11.4 Å². The van der Waals surface area contributed by atoms with Crippen LogP contribution >= 0.6 is 0 Å². The number of fused-ring (bicyclic) bond motifs is 1. The maximum atomic E-state index is 2.62. The Balaban J connectivity index is 1.89. The summed E-state index contributed by atoms with van der Waals surface area (Å²) in [4.78, 5) is 2.62. The molecule has 0 aromatic heterocycles. The van der Waals surface area contributed by atoms with Crippen LogP contribution in [-0.2, 0) is 0 Å². The molecule has 0 saturated heterocycles. The summed E-state index contributed by atoms with van der Waals surface area (Å²) in [6.07, 6.45) is 11.9. The van der Waals surface area contributed by atoms with Gasteiger partial charge in [-0.3, -0.25) is 0 Å². The maximum absolute atomic E-state index is 2.62. The van der Waals surface area contributed by atoms with Gasteiger partial charge in [-0.15, -0.1) is 0 Å². The number of anilines is 2. The van der Waals surface area contributed by atoms with E-state index in [1.807, 2.05) is 0 Å². The third kappa shape index (κ3) is 5.85. The van der Waals surface area contributed by atoms with Crippen molar-refractivity contribution in [3.05, 3.63) is 72.8 Å². The van der Waals surface area contributed by atoms with Crippen molar-refractivity contribution in [1.82, 2.24) is 0 Å². The van der Waals surface area contributed by atoms with Gasteiger partial charge in [0, 0.05) is 22.8 Å². The minimum atomic E-state index is 0.541. The van der Waals surface area contributed by atoms with Gasteiger partial charge in [-0.1, -0.05) is 113 Å². The van der Waals surface area contributed by atoms with Crippen LogP contribution in [0.5, 0.6) is 0 Å². The molecule has 0 fully saturated rings. The summed E-state index contributed by atoms with van der Waals surface area (Å²) in [7, 11) is 0. The number of hydrogen-bond donors (Lipinski definition) is 0. The summed E-state index contributed by atoms with van der Waals surface area (Å²) in [6.45, 7) is 4.61. The van der Waals surface area contributed by atoms with Crippen LogP contribution in [0.2, 0.25) is 0 Å². The highest BCUT2D eigenvalue weighted by Crippen LogP contribution is 2.36. The summed E-state index contributed by atoms with van der Waals surface area (Å²) in [6, 6.07) is 27.1. The summed E-state index contributed by atoms with van der Waals surface area (Å²) in [5.41, 5.74) is 2.66. The highest BCUT2D eigenvalue weighted by Gasteiger charge is 2.21. The molecule has 3 rings (SSSR count). The molecule has 1 nitrogen and oxygen atoms in total. The fraction of sp³-hybridized carbons (Fsp3) is 0.429. The van der Waals surface area contributed by atoms with E-state index in [1.165, 1.54) is 79.9 Å². The molecular formula is C28H37N. The summed E-state index contributed by atoms with van der Waals surface area (Å²) >= 11 is 0. The number of unbranched alkanes of at least 4 members (excludes halogenated alkanes) is 5. The van der Waals surface area contributed by atoms with Gasteiger partial charge < -0.3 is 4.90 Å². The van der Waals surface area contributed by atoms with Gasteiger partial charge in [0.05, 0.1) is 0 Å². The summed E-state index contributed by atoms with van der Waals surface area (Å²) < 4.78 is 0. The lowest BCUT2D eigenvalue weighted by atomic mass is 9.98. The molecule has 1 heteroatoms. The minimum Gasteiger partial charge on any atom is -0.338 e. The Morgan fingerprint density at radius 2 is 1.31 bits per heavy atom. The zero-order valence-electron chi connectivity index (χ0n) is 18.3. The molecule has 0 aliphatic heterocycles. The van der Waals surface area contributed by atoms with E-state index in [4.69, 9.17) is 0 Å². The molecule has 154 valence electrons. The largest absolute Gasteiger partial charge is 0.338 e. The fourth-order valence-corrected chi connectivity index (χ4v) is 4.45. The van der Waals surface area contributed by atoms with Crippen LogP contribution in [0.25, 0.3) is 10.8 Å². The molecule has 0 aliphatic rings. The summed E-state index contributed by atoms with van der Waals surface area (Å²) in [5, 5.41) is 2.67. The van der Waals surface area contributed by atoms with E-state index in [0.29, 0.717) is 6.04 Å². The van der Waals surface area contributed by atoms with Crippen LogP contribution in [0, 0.1) is 0 Å². The van der Waals surface area contributed by atoms with Gasteiger partial charge in [-0.2, -0.15) is 0 Å². The fourth-order valence-electron chi connectivity index (χ4n) is 4.45. The van der Waals surface area contributed by atoms with Crippen molar-refractivity contribution in [3.8, 4) is 0 Å². The first-order chi connectivity index (χ1) is 14.3. The molecule has 0 amide bonds. The Morgan fingerprint density at radius 3 is 2.10 bits per heavy atom. The van der Waals surface area contributed by atoms with Crippen molar-refractivity contribution < 1.29 is 0 Å². The van der Waals surface area contributed by atoms with Crippen molar-refractivity contribution in [2.45, 2.75) is 77.7 Å². The normalized spacial score (nSPS) is 12.2. The average Bonchev–Trinajstić information content (AvgIpc) is 2.77. The smallest absolute Gasteiger partial charge is 0.0493 e. The predicted octanol–water partition coefficient (Wildman–Crippen LogP) is 8.90. The van der Waals surface area contributed by atoms with E-state index in [-0.39, 0.29) is 0 Å². The zero-order chi connectivity index (χ0) is 20.3. The van der Waals surface area contributed by atoms with Gasteiger partial charge in [-0.25, -0.2) is 0 Å². The number of rotatable bonds is 12. The molecule has 0 aliphatic carbocycles. The maximum Gasteiger partial charge on any atom is 0.0493 e. The molecule has 29 heavy (non-hydrogen) atoms. The Kier molecular flexibility index (Phi) is 8.61. The molecule has 0 saturated carbocycles. The average molecular weight is 388 g/mol. The van der Waals surface area contributed by atoms with E-state index in [1.54, 1.807) is 0 Å². The van der Waals surface area contributed by atoms with Gasteiger partial charge in [-0.05, 0) is 36.4 Å². The topological polar surface area (TPSA) is 3.24 Å². The van der Waals surface area contributed by atoms with E-state index < -0.39 is 0 Å². The first kappa shape index (κ1) is 21.4. The van der Waals surface area contributed by atoms with Crippen LogP contribution in [0.15, 0.2) is 72.8 Å². The second kappa shape index (κ2) is 11.7. The van der Waals surface area contributed by atoms with Crippen molar-refractivity contribution >= 4 is 22.1 Å². The molecule has 0 heterocycles. The Hall–Kier alpha value is -2.28. The first-order valence-corrected chi connectivity index (χ1v) is 11.7. The number of benzene rings is 3. The first-order valence-electron chi connectivity index (χ1n) is 11.7. The van der Waals surface area contributed by atoms with Crippen LogP contribution in [-0.4, -0.2) is 6.04 Å². The highest BCUT2D eigenvalue weighted by molar-refractivity contribution is 5.96. The highest BCUT2D eigenvalue weighted by atomic mass is 15.2. The van der Waals surface area contributed by atoms with E-state index >= 15 is 0 Å². The standard InChI is InChI=1S/C28H37N/c1-3-5-6-7-8-10-19-25(16-4-2)29(26-20-11-9-12-21-26)28-23-15-18-24-17-13-14-22-27(24)28/h9,11-15,17-18,20-23,25H,3-8,10,16,19H2,1-2H3. The molecule has 0 bridgehead atoms. The van der Waals surface area contributed by atoms with Crippen LogP contribution in [0.3, 0.4) is 0 Å². The van der Waals surface area contributed by atoms with Gasteiger partial charge in [0.25, 0.3) is 0 Å². The Labute approximate surface area is 177 Å². The predicted molar refractivity (Wildman–Crippen MR) is 129 cm³/mol. The number of nitrogens with zero attached hydrogens (tertiary/aromatic N) is 1. The van der Waals surface area contributed by atoms with Gasteiger partial charge in [0.15, 0.2) is 0 Å². The summed E-state index contributed by atoms with van der Waals surface area (Å²) in [5.74, 6) is 0. The molecule has 1 unspecified atom stereocenters. The SMILES string of the molecule is CCCCCCCCC(CCC)N(c1ccccc1)c1cccc2ccccc12. The lowest BCUT2D eigenvalue weighted by Crippen LogP contribution is -2.31. The lowest BCUT2D eigenvalue weighted by molar-refractivity contribution is 0.502. The van der Waals surface area contributed by atoms with Crippen molar-refractivity contribution in [2.24, 2.45) is 0 Å². The molecular weight excluding hydrogens is 350 g/mol. The minimum absolute atomic E-state index is 0.541. The van der Waals surface area contributed by atoms with Crippen molar-refractivity contribution in [1.29, 1.82) is 0 Å². The quantitative estimate of drug-likeness (QED) is 0.280. The molecule has 0 N–H and O–H groups in total. The van der Waals surface area contributed by atoms with E-state index in [0.717, 1.165) is 0 Å². The lowest BCUT2D eigenvalue weighted by Gasteiger charge is -2.35. The van der Waals surface area contributed by atoms with Crippen LogP contribution in [0.1, 0.15) is 71.6 Å². The van der Waals surface area contributed by atoms with Gasteiger partial charge in [0.1, 0.15) is 0 Å². The number of para-hydroxylation sites is 1. The molecule has 3 aromatic rings. The second-order valence-corrected chi connectivity index (χ2v) is 8.20. The monoisotopic (exact) mass is 387 g/mol. The Bertz CT molecular complexity index is 834. The third-order valence-electron chi connectivity index (χ3n) is 5.94. The van der Waals surface area contributed by atoms with Crippen LogP contribution < -0.4 is 4.90 Å². The molecule has 0 radical (unpaired) electrons. The molecule has 0 spiro atoms. The van der Waals surface area contributed by atoms with E-state index in [2.05, 4.69) is 91.5 Å². The van der Waals surface area contributed by atoms with Crippen molar-refractivity contribution in [2.75, 3.05) is 4.90 Å². The van der Waals surface area contributed by atoms with Gasteiger partial charge in [0.2, 0.25) is 0 Å². The molecule has 3 aromatic carbocycles. The van der Waals surface area contributed by atoms with Crippen molar-refractivity contribution in [3.63, 3.8) is 0 Å². The molecule has 1 atom stereocenters.